The molecule has 0 amide bonds. The number of fused-ring (bicyclic) bond motifs is 1. The number of benzene rings is 1. The Morgan fingerprint density at radius 3 is 2.70 bits per heavy atom. The largest absolute Gasteiger partial charge is 0.496 e. The van der Waals surface area contributed by atoms with Gasteiger partial charge in [-0.05, 0) is 44.1 Å². The molecule has 1 saturated heterocycles. The smallest absolute Gasteiger partial charge is 0.191 e. The molecule has 0 radical (unpaired) electrons. The molecule has 0 bridgehead atoms. The average Bonchev–Trinajstić information content (AvgIpc) is 3.47. The fraction of sp³-hybridized carbons (Fsp3) is 0.409. The Morgan fingerprint density at radius 1 is 1.10 bits per heavy atom. The Morgan fingerprint density at radius 2 is 1.90 bits per heavy atom. The highest BCUT2D eigenvalue weighted by Crippen LogP contribution is 2.31. The molecule has 0 aliphatic carbocycles. The third kappa shape index (κ3) is 4.38. The first-order valence-electron chi connectivity index (χ1n) is 10.4. The number of aliphatic imine (C=N–C) groups is 1. The molecule has 0 spiro atoms. The molecule has 1 aliphatic heterocycles. The lowest BCUT2D eigenvalue weighted by Gasteiger charge is -2.30. The van der Waals surface area contributed by atoms with Gasteiger partial charge in [0.15, 0.2) is 17.4 Å². The van der Waals surface area contributed by atoms with Gasteiger partial charge in [-0.15, -0.1) is 10.2 Å². The van der Waals surface area contributed by atoms with Crippen LogP contribution in [-0.2, 0) is 6.54 Å². The SMILES string of the molecule is CN=C(NCc1nnc2ccccn12)NCC(c1ccccc1OC)N1CCCC1. The molecule has 2 N–H and O–H groups in total. The topological polar surface area (TPSA) is 79.1 Å². The third-order valence-electron chi connectivity index (χ3n) is 5.56. The Bertz CT molecular complexity index is 994. The van der Waals surface area contributed by atoms with Crippen molar-refractivity contribution in [2.45, 2.75) is 25.4 Å². The number of rotatable bonds is 7. The summed E-state index contributed by atoms with van der Waals surface area (Å²) in [7, 11) is 3.52. The van der Waals surface area contributed by atoms with Crippen LogP contribution in [-0.4, -0.2) is 59.2 Å². The highest BCUT2D eigenvalue weighted by molar-refractivity contribution is 5.79. The normalized spacial score (nSPS) is 16.0. The lowest BCUT2D eigenvalue weighted by Crippen LogP contribution is -2.42. The van der Waals surface area contributed by atoms with Gasteiger partial charge >= 0.3 is 0 Å². The van der Waals surface area contributed by atoms with Crippen molar-refractivity contribution < 1.29 is 4.74 Å². The van der Waals surface area contributed by atoms with Crippen molar-refractivity contribution in [1.82, 2.24) is 30.1 Å². The van der Waals surface area contributed by atoms with E-state index in [2.05, 4.69) is 42.9 Å². The van der Waals surface area contributed by atoms with Crippen molar-refractivity contribution in [1.29, 1.82) is 0 Å². The molecular weight excluding hydrogens is 378 g/mol. The number of nitrogens with zero attached hydrogens (tertiary/aromatic N) is 5. The lowest BCUT2D eigenvalue weighted by molar-refractivity contribution is 0.239. The van der Waals surface area contributed by atoms with E-state index in [9.17, 15) is 0 Å². The van der Waals surface area contributed by atoms with E-state index in [0.717, 1.165) is 42.8 Å². The summed E-state index contributed by atoms with van der Waals surface area (Å²) in [6, 6.07) is 14.4. The molecule has 1 unspecified atom stereocenters. The summed E-state index contributed by atoms with van der Waals surface area (Å²) in [5.41, 5.74) is 2.04. The summed E-state index contributed by atoms with van der Waals surface area (Å²) in [4.78, 5) is 6.91. The van der Waals surface area contributed by atoms with Crippen LogP contribution in [0.4, 0.5) is 0 Å². The Labute approximate surface area is 177 Å². The maximum Gasteiger partial charge on any atom is 0.191 e. The van der Waals surface area contributed by atoms with Crippen LogP contribution in [0.1, 0.15) is 30.3 Å². The number of guanidine groups is 1. The van der Waals surface area contributed by atoms with Gasteiger partial charge in [-0.3, -0.25) is 14.3 Å². The van der Waals surface area contributed by atoms with Gasteiger partial charge in [0, 0.05) is 25.4 Å². The summed E-state index contributed by atoms with van der Waals surface area (Å²) in [5.74, 6) is 2.50. The number of ether oxygens (including phenoxy) is 1. The van der Waals surface area contributed by atoms with Crippen LogP contribution >= 0.6 is 0 Å². The van der Waals surface area contributed by atoms with Crippen molar-refractivity contribution in [3.8, 4) is 5.75 Å². The maximum atomic E-state index is 5.64. The van der Waals surface area contributed by atoms with Crippen LogP contribution in [0.5, 0.6) is 5.75 Å². The number of pyridine rings is 1. The van der Waals surface area contributed by atoms with E-state index < -0.39 is 0 Å². The van der Waals surface area contributed by atoms with Crippen molar-refractivity contribution in [2.75, 3.05) is 33.8 Å². The van der Waals surface area contributed by atoms with E-state index in [-0.39, 0.29) is 6.04 Å². The van der Waals surface area contributed by atoms with Gasteiger partial charge < -0.3 is 15.4 Å². The monoisotopic (exact) mass is 407 g/mol. The van der Waals surface area contributed by atoms with E-state index in [0.29, 0.717) is 6.54 Å². The number of para-hydroxylation sites is 1. The molecule has 0 saturated carbocycles. The minimum absolute atomic E-state index is 0.219. The van der Waals surface area contributed by atoms with Crippen LogP contribution in [0.15, 0.2) is 53.7 Å². The molecule has 1 aromatic carbocycles. The van der Waals surface area contributed by atoms with Crippen LogP contribution in [0, 0.1) is 0 Å². The van der Waals surface area contributed by atoms with Gasteiger partial charge in [0.1, 0.15) is 5.75 Å². The van der Waals surface area contributed by atoms with Gasteiger partial charge in [0.25, 0.3) is 0 Å². The van der Waals surface area contributed by atoms with Crippen LogP contribution < -0.4 is 15.4 Å². The van der Waals surface area contributed by atoms with Crippen molar-refractivity contribution >= 4 is 11.6 Å². The summed E-state index contributed by atoms with van der Waals surface area (Å²) < 4.78 is 7.61. The van der Waals surface area contributed by atoms with E-state index >= 15 is 0 Å². The van der Waals surface area contributed by atoms with Crippen LogP contribution in [0.3, 0.4) is 0 Å². The second kappa shape index (κ2) is 9.58. The average molecular weight is 408 g/mol. The molecule has 3 aromatic rings. The maximum absolute atomic E-state index is 5.64. The third-order valence-corrected chi connectivity index (χ3v) is 5.56. The van der Waals surface area contributed by atoms with E-state index in [4.69, 9.17) is 4.74 Å². The summed E-state index contributed by atoms with van der Waals surface area (Å²) in [5, 5.41) is 15.3. The fourth-order valence-electron chi connectivity index (χ4n) is 4.02. The highest BCUT2D eigenvalue weighted by atomic mass is 16.5. The fourth-order valence-corrected chi connectivity index (χ4v) is 4.02. The number of hydrogen-bond acceptors (Lipinski definition) is 5. The number of nitrogens with one attached hydrogen (secondary N) is 2. The standard InChI is InChI=1S/C22H29N7O/c1-23-22(25-16-21-27-26-20-11-5-6-14-29(20)21)24-15-18(28-12-7-8-13-28)17-9-3-4-10-19(17)30-2/h3-6,9-11,14,18H,7-8,12-13,15-16H2,1-2H3,(H2,23,24,25). The molecule has 3 heterocycles. The van der Waals surface area contributed by atoms with Crippen LogP contribution in [0.25, 0.3) is 5.65 Å². The second-order valence-electron chi connectivity index (χ2n) is 7.35. The zero-order chi connectivity index (χ0) is 20.8. The van der Waals surface area contributed by atoms with E-state index in [1.807, 2.05) is 40.9 Å². The molecule has 1 aliphatic rings. The first-order chi connectivity index (χ1) is 14.8. The quantitative estimate of drug-likeness (QED) is 0.462. The zero-order valence-electron chi connectivity index (χ0n) is 17.6. The molecule has 1 fully saturated rings. The Kier molecular flexibility index (Phi) is 6.44. The first-order valence-corrected chi connectivity index (χ1v) is 10.4. The van der Waals surface area contributed by atoms with Gasteiger partial charge in [-0.1, -0.05) is 24.3 Å². The van der Waals surface area contributed by atoms with E-state index in [1.165, 1.54) is 18.4 Å². The number of aromatic nitrogens is 3. The predicted octanol–water partition coefficient (Wildman–Crippen LogP) is 2.24. The minimum atomic E-state index is 0.219. The minimum Gasteiger partial charge on any atom is -0.496 e. The second-order valence-corrected chi connectivity index (χ2v) is 7.35. The summed E-state index contributed by atoms with van der Waals surface area (Å²) in [6.07, 6.45) is 4.44. The number of hydrogen-bond donors (Lipinski definition) is 2. The molecule has 30 heavy (non-hydrogen) atoms. The van der Waals surface area contributed by atoms with E-state index in [1.54, 1.807) is 14.2 Å². The molecule has 8 nitrogen and oxygen atoms in total. The summed E-state index contributed by atoms with van der Waals surface area (Å²) in [6.45, 7) is 3.47. The highest BCUT2D eigenvalue weighted by Gasteiger charge is 2.26. The molecule has 2 aromatic heterocycles. The molecule has 158 valence electrons. The van der Waals surface area contributed by atoms with Gasteiger partial charge in [0.2, 0.25) is 0 Å². The van der Waals surface area contributed by atoms with Gasteiger partial charge in [-0.2, -0.15) is 0 Å². The Hall–Kier alpha value is -3.13. The van der Waals surface area contributed by atoms with Crippen LogP contribution in [0.2, 0.25) is 0 Å². The molecule has 8 heteroatoms. The zero-order valence-corrected chi connectivity index (χ0v) is 17.6. The van der Waals surface area contributed by atoms with Crippen molar-refractivity contribution in [2.24, 2.45) is 4.99 Å². The Balaban J connectivity index is 1.44. The molecular formula is C22H29N7O. The number of likely N-dealkylation sites (tertiary alicyclic amines) is 1. The molecule has 1 atom stereocenters. The number of methoxy groups -OCH3 is 1. The summed E-state index contributed by atoms with van der Waals surface area (Å²) >= 11 is 0. The molecule has 4 rings (SSSR count). The van der Waals surface area contributed by atoms with Gasteiger partial charge in [-0.25, -0.2) is 0 Å². The van der Waals surface area contributed by atoms with Gasteiger partial charge in [0.05, 0.1) is 19.7 Å². The van der Waals surface area contributed by atoms with Crippen molar-refractivity contribution in [3.63, 3.8) is 0 Å². The lowest BCUT2D eigenvalue weighted by atomic mass is 10.0. The predicted molar refractivity (Wildman–Crippen MR) is 118 cm³/mol. The first kappa shape index (κ1) is 20.2. The van der Waals surface area contributed by atoms with Crippen molar-refractivity contribution in [3.05, 3.63) is 60.0 Å².